The first-order valence-corrected chi connectivity index (χ1v) is 11.3. The topological polar surface area (TPSA) is 69.7 Å². The molecule has 0 bridgehead atoms. The Hall–Kier alpha value is -1.89. The molecular weight excluding hydrogens is 386 g/mol. The van der Waals surface area contributed by atoms with Crippen LogP contribution in [0.25, 0.3) is 0 Å². The van der Waals surface area contributed by atoms with Gasteiger partial charge < -0.3 is 15.1 Å². The SMILES string of the molecule is CCCCN(C)C(=O)C1CCN(C(=O)c2sc(NC(=O)C(C)(C)C)cc2C)CC1. The molecule has 0 radical (unpaired) electrons. The number of carbonyl (C=O) groups excluding carboxylic acids is 3. The highest BCUT2D eigenvalue weighted by molar-refractivity contribution is 7.18. The van der Waals surface area contributed by atoms with E-state index in [1.54, 1.807) is 0 Å². The Morgan fingerprint density at radius 3 is 2.41 bits per heavy atom. The van der Waals surface area contributed by atoms with Crippen molar-refractivity contribution in [2.75, 3.05) is 32.0 Å². The highest BCUT2D eigenvalue weighted by Gasteiger charge is 2.31. The maximum Gasteiger partial charge on any atom is 0.264 e. The number of hydrogen-bond acceptors (Lipinski definition) is 4. The molecular formula is C22H35N3O3S. The Morgan fingerprint density at radius 1 is 1.24 bits per heavy atom. The molecule has 3 amide bonds. The number of hydrogen-bond donors (Lipinski definition) is 1. The molecule has 162 valence electrons. The van der Waals surface area contributed by atoms with Crippen LogP contribution >= 0.6 is 11.3 Å². The summed E-state index contributed by atoms with van der Waals surface area (Å²) in [7, 11) is 1.87. The second kappa shape index (κ2) is 9.74. The summed E-state index contributed by atoms with van der Waals surface area (Å²) in [5.74, 6) is 0.135. The molecule has 1 aliphatic rings. The monoisotopic (exact) mass is 421 g/mol. The molecule has 2 rings (SSSR count). The van der Waals surface area contributed by atoms with Gasteiger partial charge in [-0.15, -0.1) is 11.3 Å². The summed E-state index contributed by atoms with van der Waals surface area (Å²) in [6.07, 6.45) is 3.51. The molecule has 1 aromatic heterocycles. The number of aryl methyl sites for hydroxylation is 1. The molecule has 6 nitrogen and oxygen atoms in total. The smallest absolute Gasteiger partial charge is 0.264 e. The molecule has 2 heterocycles. The van der Waals surface area contributed by atoms with Gasteiger partial charge in [0.15, 0.2) is 0 Å². The van der Waals surface area contributed by atoms with Crippen LogP contribution in [-0.4, -0.2) is 54.2 Å². The van der Waals surface area contributed by atoms with Gasteiger partial charge in [-0.2, -0.15) is 0 Å². The van der Waals surface area contributed by atoms with Crippen molar-refractivity contribution in [1.29, 1.82) is 0 Å². The number of piperidine rings is 1. The van der Waals surface area contributed by atoms with Gasteiger partial charge in [-0.05, 0) is 37.8 Å². The van der Waals surface area contributed by atoms with E-state index in [0.717, 1.165) is 24.9 Å². The van der Waals surface area contributed by atoms with Gasteiger partial charge in [-0.1, -0.05) is 34.1 Å². The van der Waals surface area contributed by atoms with Crippen LogP contribution in [0.15, 0.2) is 6.07 Å². The summed E-state index contributed by atoms with van der Waals surface area (Å²) in [4.78, 5) is 42.1. The van der Waals surface area contributed by atoms with Crippen molar-refractivity contribution in [1.82, 2.24) is 9.80 Å². The van der Waals surface area contributed by atoms with Gasteiger partial charge in [0.05, 0.1) is 9.88 Å². The summed E-state index contributed by atoms with van der Waals surface area (Å²) in [5, 5.41) is 3.61. The minimum absolute atomic E-state index is 0.00556. The van der Waals surface area contributed by atoms with E-state index in [4.69, 9.17) is 0 Å². The molecule has 0 aromatic carbocycles. The number of likely N-dealkylation sites (tertiary alicyclic amines) is 1. The lowest BCUT2D eigenvalue weighted by molar-refractivity contribution is -0.135. The van der Waals surface area contributed by atoms with Crippen LogP contribution in [0.1, 0.15) is 68.6 Å². The standard InChI is InChI=1S/C22H35N3O3S/c1-7-8-11-24(6)19(26)16-9-12-25(13-10-16)20(27)18-15(2)14-17(29-18)23-21(28)22(3,4)5/h14,16H,7-13H2,1-6H3,(H,23,28). The number of thiophene rings is 1. The number of carbonyl (C=O) groups is 3. The number of amides is 3. The molecule has 1 aliphatic heterocycles. The third-order valence-electron chi connectivity index (χ3n) is 5.38. The number of unbranched alkanes of at least 4 members (excludes halogenated alkanes) is 1. The third-order valence-corrected chi connectivity index (χ3v) is 6.53. The van der Waals surface area contributed by atoms with Crippen molar-refractivity contribution in [3.8, 4) is 0 Å². The number of rotatable bonds is 6. The molecule has 1 fully saturated rings. The van der Waals surface area contributed by atoms with Crippen molar-refractivity contribution in [2.45, 2.75) is 60.3 Å². The van der Waals surface area contributed by atoms with Crippen LogP contribution in [0, 0.1) is 18.3 Å². The van der Waals surface area contributed by atoms with Crippen LogP contribution in [0.4, 0.5) is 5.00 Å². The van der Waals surface area contributed by atoms with E-state index in [0.29, 0.717) is 35.8 Å². The normalized spacial score (nSPS) is 15.3. The van der Waals surface area contributed by atoms with E-state index in [2.05, 4.69) is 12.2 Å². The average molecular weight is 422 g/mol. The van der Waals surface area contributed by atoms with Crippen molar-refractivity contribution in [3.63, 3.8) is 0 Å². The highest BCUT2D eigenvalue weighted by atomic mass is 32.1. The summed E-state index contributed by atoms with van der Waals surface area (Å²) in [6, 6.07) is 1.86. The molecule has 1 aromatic rings. The lowest BCUT2D eigenvalue weighted by atomic mass is 9.95. The molecule has 29 heavy (non-hydrogen) atoms. The predicted molar refractivity (Wildman–Crippen MR) is 118 cm³/mol. The van der Waals surface area contributed by atoms with E-state index in [9.17, 15) is 14.4 Å². The first kappa shape index (κ1) is 23.4. The maximum atomic E-state index is 13.0. The molecule has 0 aliphatic carbocycles. The van der Waals surface area contributed by atoms with Crippen LogP contribution < -0.4 is 5.32 Å². The Kier molecular flexibility index (Phi) is 7.86. The van der Waals surface area contributed by atoms with Crippen molar-refractivity contribution < 1.29 is 14.4 Å². The van der Waals surface area contributed by atoms with Gasteiger partial charge in [-0.3, -0.25) is 14.4 Å². The fourth-order valence-corrected chi connectivity index (χ4v) is 4.38. The molecule has 0 atom stereocenters. The molecule has 1 saturated heterocycles. The van der Waals surface area contributed by atoms with E-state index in [-0.39, 0.29) is 23.6 Å². The van der Waals surface area contributed by atoms with Crippen LogP contribution in [0.2, 0.25) is 0 Å². The largest absolute Gasteiger partial charge is 0.346 e. The van der Waals surface area contributed by atoms with Crippen molar-refractivity contribution >= 4 is 34.1 Å². The van der Waals surface area contributed by atoms with Gasteiger partial charge >= 0.3 is 0 Å². The molecule has 7 heteroatoms. The molecule has 0 spiro atoms. The third kappa shape index (κ3) is 6.04. The van der Waals surface area contributed by atoms with Gasteiger partial charge in [0, 0.05) is 38.0 Å². The molecule has 0 unspecified atom stereocenters. The summed E-state index contributed by atoms with van der Waals surface area (Å²) in [6.45, 7) is 11.6. The van der Waals surface area contributed by atoms with Crippen molar-refractivity contribution in [2.24, 2.45) is 11.3 Å². The summed E-state index contributed by atoms with van der Waals surface area (Å²) < 4.78 is 0. The highest BCUT2D eigenvalue weighted by Crippen LogP contribution is 2.31. The predicted octanol–water partition coefficient (Wildman–Crippen LogP) is 4.15. The first-order chi connectivity index (χ1) is 13.5. The van der Waals surface area contributed by atoms with E-state index < -0.39 is 5.41 Å². The zero-order valence-electron chi connectivity index (χ0n) is 18.6. The number of nitrogens with zero attached hydrogens (tertiary/aromatic N) is 2. The zero-order valence-corrected chi connectivity index (χ0v) is 19.4. The zero-order chi connectivity index (χ0) is 21.8. The Morgan fingerprint density at radius 2 is 1.86 bits per heavy atom. The van der Waals surface area contributed by atoms with E-state index in [1.165, 1.54) is 11.3 Å². The van der Waals surface area contributed by atoms with Crippen molar-refractivity contribution in [3.05, 3.63) is 16.5 Å². The second-order valence-corrected chi connectivity index (χ2v) is 10.1. The minimum Gasteiger partial charge on any atom is -0.346 e. The molecule has 1 N–H and O–H groups in total. The fourth-order valence-electron chi connectivity index (χ4n) is 3.35. The Balaban J connectivity index is 1.96. The summed E-state index contributed by atoms with van der Waals surface area (Å²) >= 11 is 1.33. The fraction of sp³-hybridized carbons (Fsp3) is 0.682. The number of anilines is 1. The van der Waals surface area contributed by atoms with Crippen LogP contribution in [-0.2, 0) is 9.59 Å². The quantitative estimate of drug-likeness (QED) is 0.750. The Labute approximate surface area is 178 Å². The number of nitrogens with one attached hydrogen (secondary N) is 1. The van der Waals surface area contributed by atoms with Gasteiger partial charge in [0.1, 0.15) is 0 Å². The van der Waals surface area contributed by atoms with Crippen LogP contribution in [0.5, 0.6) is 0 Å². The lowest BCUT2D eigenvalue weighted by Crippen LogP contribution is -2.43. The van der Waals surface area contributed by atoms with E-state index >= 15 is 0 Å². The minimum atomic E-state index is -0.485. The second-order valence-electron chi connectivity index (χ2n) is 9.01. The van der Waals surface area contributed by atoms with E-state index in [1.807, 2.05) is 50.6 Å². The first-order valence-electron chi connectivity index (χ1n) is 10.5. The van der Waals surface area contributed by atoms with Gasteiger partial charge in [-0.25, -0.2) is 0 Å². The average Bonchev–Trinajstić information content (AvgIpc) is 3.04. The van der Waals surface area contributed by atoms with Crippen LogP contribution in [0.3, 0.4) is 0 Å². The van der Waals surface area contributed by atoms with Gasteiger partial charge in [0.25, 0.3) is 5.91 Å². The lowest BCUT2D eigenvalue weighted by Gasteiger charge is -2.33. The Bertz CT molecular complexity index is 743. The maximum absolute atomic E-state index is 13.0. The van der Waals surface area contributed by atoms with Gasteiger partial charge in [0.2, 0.25) is 11.8 Å². The molecule has 0 saturated carbocycles. The summed E-state index contributed by atoms with van der Waals surface area (Å²) in [5.41, 5.74) is 0.391.